The maximum atomic E-state index is 12.0. The summed E-state index contributed by atoms with van der Waals surface area (Å²) in [6.45, 7) is 3.44. The van der Waals surface area contributed by atoms with Crippen LogP contribution in [0, 0.1) is 6.92 Å². The summed E-state index contributed by atoms with van der Waals surface area (Å²) in [7, 11) is -2.05. The molecule has 0 radical (unpaired) electrons. The Balaban J connectivity index is 2.83. The third kappa shape index (κ3) is 3.27. The molecule has 1 unspecified atom stereocenters. The molecular formula is C10H16N2O3S2. The van der Waals surface area contributed by atoms with Gasteiger partial charge in [0.1, 0.15) is 16.8 Å². The number of nitrogens with two attached hydrogens (primary N) is 1. The molecule has 0 aliphatic rings. The highest BCUT2D eigenvalue weighted by Crippen LogP contribution is 2.14. The maximum Gasteiger partial charge on any atom is 0.223 e. The SMILES string of the molecule is Cc1ccc(CN(C)S(=O)(=O)C(C)C(N)=S)o1. The smallest absolute Gasteiger partial charge is 0.223 e. The van der Waals surface area contributed by atoms with E-state index in [0.717, 1.165) is 5.76 Å². The second-order valence-corrected chi connectivity index (χ2v) is 6.69. The molecule has 0 saturated heterocycles. The van der Waals surface area contributed by atoms with E-state index in [4.69, 9.17) is 22.4 Å². The second-order valence-electron chi connectivity index (χ2n) is 3.86. The number of hydrogen-bond donors (Lipinski definition) is 1. The molecule has 0 aromatic carbocycles. The topological polar surface area (TPSA) is 76.5 Å². The molecule has 1 heterocycles. The summed E-state index contributed by atoms with van der Waals surface area (Å²) in [5.41, 5.74) is 5.36. The van der Waals surface area contributed by atoms with Gasteiger partial charge in [-0.25, -0.2) is 8.42 Å². The third-order valence-corrected chi connectivity index (χ3v) is 5.10. The van der Waals surface area contributed by atoms with Crippen molar-refractivity contribution in [3.05, 3.63) is 23.7 Å². The van der Waals surface area contributed by atoms with Gasteiger partial charge < -0.3 is 10.2 Å². The van der Waals surface area contributed by atoms with E-state index in [0.29, 0.717) is 5.76 Å². The minimum atomic E-state index is -3.52. The van der Waals surface area contributed by atoms with Crippen molar-refractivity contribution < 1.29 is 12.8 Å². The van der Waals surface area contributed by atoms with Gasteiger partial charge in [0.25, 0.3) is 0 Å². The molecule has 0 spiro atoms. The molecule has 1 aromatic heterocycles. The van der Waals surface area contributed by atoms with Crippen LogP contribution < -0.4 is 5.73 Å². The van der Waals surface area contributed by atoms with Crippen LogP contribution in [-0.4, -0.2) is 30.0 Å². The second kappa shape index (κ2) is 5.16. The van der Waals surface area contributed by atoms with Gasteiger partial charge in [0.05, 0.1) is 11.5 Å². The van der Waals surface area contributed by atoms with Crippen molar-refractivity contribution in [1.82, 2.24) is 4.31 Å². The predicted molar refractivity (Wildman–Crippen MR) is 70.1 cm³/mol. The van der Waals surface area contributed by atoms with Gasteiger partial charge in [-0.3, -0.25) is 0 Å². The number of thiocarbonyl (C=S) groups is 1. The van der Waals surface area contributed by atoms with Crippen molar-refractivity contribution in [2.45, 2.75) is 25.6 Å². The molecule has 2 N–H and O–H groups in total. The Morgan fingerprint density at radius 1 is 1.59 bits per heavy atom. The molecule has 0 bridgehead atoms. The summed E-state index contributed by atoms with van der Waals surface area (Å²) in [5.74, 6) is 1.33. The van der Waals surface area contributed by atoms with Crippen molar-refractivity contribution in [3.8, 4) is 0 Å². The predicted octanol–water partition coefficient (Wildman–Crippen LogP) is 1.02. The van der Waals surface area contributed by atoms with Crippen LogP contribution in [0.2, 0.25) is 0 Å². The number of hydrogen-bond acceptors (Lipinski definition) is 4. The Kier molecular flexibility index (Phi) is 4.29. The fourth-order valence-electron chi connectivity index (χ4n) is 1.30. The standard InChI is InChI=1S/C10H16N2O3S2/c1-7-4-5-9(15-7)6-12(3)17(13,14)8(2)10(11)16/h4-5,8H,6H2,1-3H3,(H2,11,16). The molecule has 0 aliphatic heterocycles. The van der Waals surface area contributed by atoms with E-state index in [1.807, 2.05) is 0 Å². The van der Waals surface area contributed by atoms with E-state index < -0.39 is 15.3 Å². The first-order valence-corrected chi connectivity index (χ1v) is 6.96. The number of nitrogens with zero attached hydrogens (tertiary/aromatic N) is 1. The Hall–Kier alpha value is -0.920. The fraction of sp³-hybridized carbons (Fsp3) is 0.500. The van der Waals surface area contributed by atoms with Crippen molar-refractivity contribution in [1.29, 1.82) is 0 Å². The van der Waals surface area contributed by atoms with E-state index in [-0.39, 0.29) is 11.5 Å². The lowest BCUT2D eigenvalue weighted by Gasteiger charge is -2.20. The number of rotatable bonds is 5. The van der Waals surface area contributed by atoms with E-state index in [2.05, 4.69) is 0 Å². The zero-order valence-electron chi connectivity index (χ0n) is 10.0. The third-order valence-electron chi connectivity index (χ3n) is 2.46. The molecule has 1 aromatic rings. The van der Waals surface area contributed by atoms with Crippen molar-refractivity contribution in [2.75, 3.05) is 7.05 Å². The van der Waals surface area contributed by atoms with Gasteiger partial charge in [0, 0.05) is 7.05 Å². The van der Waals surface area contributed by atoms with E-state index in [9.17, 15) is 8.42 Å². The summed E-state index contributed by atoms with van der Waals surface area (Å²) >= 11 is 4.70. The van der Waals surface area contributed by atoms with E-state index >= 15 is 0 Å². The first kappa shape index (κ1) is 14.1. The van der Waals surface area contributed by atoms with Gasteiger partial charge in [-0.05, 0) is 26.0 Å². The quantitative estimate of drug-likeness (QED) is 0.813. The monoisotopic (exact) mass is 276 g/mol. The Bertz CT molecular complexity index is 507. The molecule has 17 heavy (non-hydrogen) atoms. The lowest BCUT2D eigenvalue weighted by atomic mass is 10.4. The maximum absolute atomic E-state index is 12.0. The molecule has 0 aliphatic carbocycles. The van der Waals surface area contributed by atoms with Crippen LogP contribution in [-0.2, 0) is 16.6 Å². The van der Waals surface area contributed by atoms with Gasteiger partial charge in [-0.2, -0.15) is 4.31 Å². The lowest BCUT2D eigenvalue weighted by molar-refractivity contribution is 0.396. The van der Waals surface area contributed by atoms with Gasteiger partial charge in [-0.15, -0.1) is 0 Å². The zero-order valence-corrected chi connectivity index (χ0v) is 11.6. The fourth-order valence-corrected chi connectivity index (χ4v) is 2.80. The Morgan fingerprint density at radius 3 is 2.59 bits per heavy atom. The van der Waals surface area contributed by atoms with Crippen LogP contribution in [0.5, 0.6) is 0 Å². The summed E-state index contributed by atoms with van der Waals surface area (Å²) < 4.78 is 30.5. The van der Waals surface area contributed by atoms with Gasteiger partial charge in [0.2, 0.25) is 10.0 Å². The van der Waals surface area contributed by atoms with Gasteiger partial charge >= 0.3 is 0 Å². The average Bonchev–Trinajstić information content (AvgIpc) is 2.62. The Morgan fingerprint density at radius 2 is 2.18 bits per heavy atom. The summed E-state index contributed by atoms with van der Waals surface area (Å²) in [6, 6.07) is 3.53. The highest BCUT2D eigenvalue weighted by Gasteiger charge is 2.28. The first-order valence-electron chi connectivity index (χ1n) is 5.05. The zero-order chi connectivity index (χ0) is 13.2. The summed E-state index contributed by atoms with van der Waals surface area (Å²) in [4.78, 5) is -0.0347. The molecule has 0 amide bonds. The normalized spacial score (nSPS) is 13.9. The number of sulfonamides is 1. The number of furan rings is 1. The first-order chi connectivity index (χ1) is 7.75. The van der Waals surface area contributed by atoms with Crippen LogP contribution in [0.4, 0.5) is 0 Å². The van der Waals surface area contributed by atoms with Crippen molar-refractivity contribution in [3.63, 3.8) is 0 Å². The molecule has 96 valence electrons. The molecule has 1 atom stereocenters. The molecule has 5 nitrogen and oxygen atoms in total. The largest absolute Gasteiger partial charge is 0.465 e. The molecule has 0 fully saturated rings. The van der Waals surface area contributed by atoms with Crippen molar-refractivity contribution >= 4 is 27.2 Å². The van der Waals surface area contributed by atoms with Crippen LogP contribution >= 0.6 is 12.2 Å². The van der Waals surface area contributed by atoms with Crippen LogP contribution in [0.3, 0.4) is 0 Å². The number of aryl methyl sites for hydroxylation is 1. The van der Waals surface area contributed by atoms with Crippen LogP contribution in [0.15, 0.2) is 16.5 Å². The molecule has 1 rings (SSSR count). The average molecular weight is 276 g/mol. The summed E-state index contributed by atoms with van der Waals surface area (Å²) in [5, 5.41) is -0.876. The Labute approximate surface area is 107 Å². The lowest BCUT2D eigenvalue weighted by Crippen LogP contribution is -2.40. The minimum Gasteiger partial charge on any atom is -0.465 e. The molecule has 0 saturated carbocycles. The summed E-state index contributed by atoms with van der Waals surface area (Å²) in [6.07, 6.45) is 0. The van der Waals surface area contributed by atoms with Gasteiger partial charge in [-0.1, -0.05) is 12.2 Å². The minimum absolute atomic E-state index is 0.0347. The highest BCUT2D eigenvalue weighted by molar-refractivity contribution is 7.92. The van der Waals surface area contributed by atoms with Crippen LogP contribution in [0.25, 0.3) is 0 Å². The van der Waals surface area contributed by atoms with Gasteiger partial charge in [0.15, 0.2) is 0 Å². The van der Waals surface area contributed by atoms with Crippen LogP contribution in [0.1, 0.15) is 18.4 Å². The van der Waals surface area contributed by atoms with E-state index in [1.54, 1.807) is 19.1 Å². The highest BCUT2D eigenvalue weighted by atomic mass is 32.2. The molecular weight excluding hydrogens is 260 g/mol. The van der Waals surface area contributed by atoms with E-state index in [1.165, 1.54) is 18.3 Å². The van der Waals surface area contributed by atoms with Crippen molar-refractivity contribution in [2.24, 2.45) is 5.73 Å². The molecule has 7 heteroatoms.